The summed E-state index contributed by atoms with van der Waals surface area (Å²) >= 11 is 0. The zero-order valence-corrected chi connectivity index (χ0v) is 15.2. The molecule has 3 aromatic carbocycles. The van der Waals surface area contributed by atoms with Gasteiger partial charge in [0.2, 0.25) is 5.91 Å². The molecular formula is C24H23NO. The minimum absolute atomic E-state index is 0.0489. The van der Waals surface area contributed by atoms with Crippen LogP contribution >= 0.6 is 0 Å². The summed E-state index contributed by atoms with van der Waals surface area (Å²) in [5, 5.41) is 3.17. The van der Waals surface area contributed by atoms with Crippen molar-refractivity contribution in [2.45, 2.75) is 25.7 Å². The normalized spacial score (nSPS) is 17.5. The molecule has 1 unspecified atom stereocenters. The number of hydrogen-bond acceptors (Lipinski definition) is 1. The summed E-state index contributed by atoms with van der Waals surface area (Å²) in [5.74, 6) is 0.0543. The Balaban J connectivity index is 1.67. The number of nitrogens with one attached hydrogen (secondary N) is 1. The second kappa shape index (κ2) is 6.45. The number of aryl methyl sites for hydroxylation is 2. The van der Waals surface area contributed by atoms with Crippen molar-refractivity contribution in [2.24, 2.45) is 5.92 Å². The fourth-order valence-corrected chi connectivity index (χ4v) is 3.95. The second-order valence-electron chi connectivity index (χ2n) is 7.27. The van der Waals surface area contributed by atoms with E-state index in [0.717, 1.165) is 23.2 Å². The predicted octanol–water partition coefficient (Wildman–Crippen LogP) is 5.25. The molecule has 1 saturated carbocycles. The third-order valence-corrected chi connectivity index (χ3v) is 5.51. The lowest BCUT2D eigenvalue weighted by Gasteiger charge is -2.19. The molecule has 0 radical (unpaired) electrons. The summed E-state index contributed by atoms with van der Waals surface area (Å²) in [4.78, 5) is 13.1. The van der Waals surface area contributed by atoms with Crippen molar-refractivity contribution < 1.29 is 4.79 Å². The number of hydrogen-bond donors (Lipinski definition) is 1. The van der Waals surface area contributed by atoms with E-state index in [9.17, 15) is 4.79 Å². The van der Waals surface area contributed by atoms with E-state index in [1.54, 1.807) is 0 Å². The minimum Gasteiger partial charge on any atom is -0.326 e. The number of amides is 1. The molecule has 0 aromatic heterocycles. The minimum atomic E-state index is -0.218. The molecule has 1 amide bonds. The van der Waals surface area contributed by atoms with Gasteiger partial charge in [-0.1, -0.05) is 72.8 Å². The summed E-state index contributed by atoms with van der Waals surface area (Å²) in [6.07, 6.45) is 0.845. The van der Waals surface area contributed by atoms with Gasteiger partial charge < -0.3 is 5.32 Å². The molecule has 0 aliphatic heterocycles. The predicted molar refractivity (Wildman–Crippen MR) is 106 cm³/mol. The van der Waals surface area contributed by atoms with Gasteiger partial charge in [0.15, 0.2) is 0 Å². The lowest BCUT2D eigenvalue weighted by atomic mass is 9.85. The van der Waals surface area contributed by atoms with Crippen LogP contribution in [0.3, 0.4) is 0 Å². The van der Waals surface area contributed by atoms with Crippen LogP contribution in [0.15, 0.2) is 78.9 Å². The number of anilines is 1. The molecule has 1 N–H and O–H groups in total. The third-order valence-electron chi connectivity index (χ3n) is 5.51. The SMILES string of the molecule is Cc1ccc(C)c(NC(=O)C2CC2(c2ccccc2)c2ccccc2)c1. The van der Waals surface area contributed by atoms with Crippen molar-refractivity contribution in [1.82, 2.24) is 0 Å². The van der Waals surface area contributed by atoms with Crippen LogP contribution < -0.4 is 5.32 Å². The molecule has 1 atom stereocenters. The van der Waals surface area contributed by atoms with Crippen LogP contribution in [0.2, 0.25) is 0 Å². The molecule has 0 spiro atoms. The quantitative estimate of drug-likeness (QED) is 0.690. The van der Waals surface area contributed by atoms with Crippen LogP contribution in [-0.4, -0.2) is 5.91 Å². The van der Waals surface area contributed by atoms with E-state index in [2.05, 4.69) is 66.0 Å². The number of carbonyl (C=O) groups excluding carboxylic acids is 1. The van der Waals surface area contributed by atoms with Crippen molar-refractivity contribution >= 4 is 11.6 Å². The van der Waals surface area contributed by atoms with E-state index in [0.29, 0.717) is 0 Å². The Morgan fingerprint density at radius 2 is 1.46 bits per heavy atom. The highest BCUT2D eigenvalue weighted by Crippen LogP contribution is 2.59. The van der Waals surface area contributed by atoms with E-state index in [-0.39, 0.29) is 17.2 Å². The molecule has 1 aliphatic carbocycles. The molecule has 2 nitrogen and oxygen atoms in total. The highest BCUT2D eigenvalue weighted by molar-refractivity contribution is 5.97. The average molecular weight is 341 g/mol. The summed E-state index contributed by atoms with van der Waals surface area (Å²) in [7, 11) is 0. The fraction of sp³-hybridized carbons (Fsp3) is 0.208. The van der Waals surface area contributed by atoms with Crippen molar-refractivity contribution in [3.8, 4) is 0 Å². The first kappa shape index (κ1) is 16.6. The van der Waals surface area contributed by atoms with Crippen LogP contribution in [0.5, 0.6) is 0 Å². The molecule has 1 aliphatic rings. The third kappa shape index (κ3) is 2.82. The monoisotopic (exact) mass is 341 g/mol. The molecule has 4 rings (SSSR count). The molecule has 0 heterocycles. The van der Waals surface area contributed by atoms with Crippen LogP contribution in [0, 0.1) is 19.8 Å². The highest BCUT2D eigenvalue weighted by atomic mass is 16.2. The Morgan fingerprint density at radius 3 is 2.04 bits per heavy atom. The molecule has 2 heteroatoms. The van der Waals surface area contributed by atoms with Gasteiger partial charge in [0, 0.05) is 11.1 Å². The second-order valence-corrected chi connectivity index (χ2v) is 7.27. The summed E-state index contributed by atoms with van der Waals surface area (Å²) < 4.78 is 0. The van der Waals surface area contributed by atoms with Gasteiger partial charge >= 0.3 is 0 Å². The summed E-state index contributed by atoms with van der Waals surface area (Å²) in [5.41, 5.74) is 5.37. The topological polar surface area (TPSA) is 29.1 Å². The van der Waals surface area contributed by atoms with Crippen LogP contribution in [0.1, 0.15) is 28.7 Å². The largest absolute Gasteiger partial charge is 0.326 e. The Labute approximate surface area is 154 Å². The van der Waals surface area contributed by atoms with Gasteiger partial charge in [-0.05, 0) is 48.6 Å². The van der Waals surface area contributed by atoms with Crippen molar-refractivity contribution in [1.29, 1.82) is 0 Å². The van der Waals surface area contributed by atoms with Crippen molar-refractivity contribution in [3.63, 3.8) is 0 Å². The molecular weight excluding hydrogens is 318 g/mol. The van der Waals surface area contributed by atoms with Gasteiger partial charge in [0.05, 0.1) is 5.92 Å². The van der Waals surface area contributed by atoms with E-state index >= 15 is 0 Å². The van der Waals surface area contributed by atoms with Crippen LogP contribution in [0.25, 0.3) is 0 Å². The Kier molecular flexibility index (Phi) is 4.12. The standard InChI is InChI=1S/C24H23NO/c1-17-13-14-18(2)22(15-17)25-23(26)21-16-24(21,19-9-5-3-6-10-19)20-11-7-4-8-12-20/h3-15,21H,16H2,1-2H3,(H,25,26). The Bertz CT molecular complexity index is 891. The molecule has 3 aromatic rings. The van der Waals surface area contributed by atoms with Crippen LogP contribution in [0.4, 0.5) is 5.69 Å². The lowest BCUT2D eigenvalue weighted by molar-refractivity contribution is -0.117. The van der Waals surface area contributed by atoms with Gasteiger partial charge in [-0.15, -0.1) is 0 Å². The molecule has 130 valence electrons. The lowest BCUT2D eigenvalue weighted by Crippen LogP contribution is -2.22. The van der Waals surface area contributed by atoms with Gasteiger partial charge in [0.25, 0.3) is 0 Å². The maximum absolute atomic E-state index is 13.1. The van der Waals surface area contributed by atoms with Gasteiger partial charge in [-0.25, -0.2) is 0 Å². The summed E-state index contributed by atoms with van der Waals surface area (Å²) in [6, 6.07) is 27.0. The highest BCUT2D eigenvalue weighted by Gasteiger charge is 2.60. The van der Waals surface area contributed by atoms with Crippen molar-refractivity contribution in [2.75, 3.05) is 5.32 Å². The smallest absolute Gasteiger partial charge is 0.228 e. The van der Waals surface area contributed by atoms with Gasteiger partial charge in [-0.3, -0.25) is 4.79 Å². The van der Waals surface area contributed by atoms with Crippen molar-refractivity contribution in [3.05, 3.63) is 101 Å². The van der Waals surface area contributed by atoms with E-state index in [1.165, 1.54) is 11.1 Å². The maximum Gasteiger partial charge on any atom is 0.228 e. The first-order valence-corrected chi connectivity index (χ1v) is 9.10. The number of carbonyl (C=O) groups is 1. The van der Waals surface area contributed by atoms with E-state index < -0.39 is 0 Å². The zero-order valence-electron chi connectivity index (χ0n) is 15.2. The first-order chi connectivity index (χ1) is 12.6. The average Bonchev–Trinajstić information content (AvgIpc) is 3.43. The molecule has 1 fully saturated rings. The summed E-state index contributed by atoms with van der Waals surface area (Å²) in [6.45, 7) is 4.08. The first-order valence-electron chi connectivity index (χ1n) is 9.10. The number of benzene rings is 3. The maximum atomic E-state index is 13.1. The molecule has 0 saturated heterocycles. The molecule has 26 heavy (non-hydrogen) atoms. The number of rotatable bonds is 4. The van der Waals surface area contributed by atoms with E-state index in [4.69, 9.17) is 0 Å². The zero-order chi connectivity index (χ0) is 18.1. The van der Waals surface area contributed by atoms with E-state index in [1.807, 2.05) is 32.0 Å². The van der Waals surface area contributed by atoms with Gasteiger partial charge in [0.1, 0.15) is 0 Å². The molecule has 0 bridgehead atoms. The Morgan fingerprint density at radius 1 is 0.885 bits per heavy atom. The fourth-order valence-electron chi connectivity index (χ4n) is 3.95. The van der Waals surface area contributed by atoms with Crippen LogP contribution in [-0.2, 0) is 10.2 Å². The Hall–Kier alpha value is -2.87. The van der Waals surface area contributed by atoms with Gasteiger partial charge in [-0.2, -0.15) is 0 Å².